The summed E-state index contributed by atoms with van der Waals surface area (Å²) in [7, 11) is -0.857. The van der Waals surface area contributed by atoms with Crippen LogP contribution < -0.4 is 10.6 Å². The molecule has 5 atom stereocenters. The van der Waals surface area contributed by atoms with Crippen LogP contribution in [0.3, 0.4) is 0 Å². The first-order chi connectivity index (χ1) is 14.7. The van der Waals surface area contributed by atoms with Crippen molar-refractivity contribution in [2.45, 2.75) is 108 Å². The van der Waals surface area contributed by atoms with Crippen LogP contribution in [-0.2, 0) is 28.2 Å². The molecular formula is C23H42N2O6Si. The average molecular weight is 471 g/mol. The minimum atomic E-state index is -2.33. The maximum absolute atomic E-state index is 13.4. The van der Waals surface area contributed by atoms with Crippen molar-refractivity contribution in [2.24, 2.45) is 0 Å². The molecular weight excluding hydrogens is 428 g/mol. The van der Waals surface area contributed by atoms with Gasteiger partial charge in [-0.3, -0.25) is 9.59 Å². The van der Waals surface area contributed by atoms with Crippen molar-refractivity contribution in [1.82, 2.24) is 10.6 Å². The topological polar surface area (TPSA) is 95.1 Å². The normalized spacial score (nSPS) is 28.4. The summed E-state index contributed by atoms with van der Waals surface area (Å²) in [6.45, 7) is 18.8. The zero-order valence-corrected chi connectivity index (χ0v) is 21.9. The van der Waals surface area contributed by atoms with Crippen LogP contribution in [0.5, 0.6) is 0 Å². The molecule has 2 N–H and O–H groups in total. The van der Waals surface area contributed by atoms with Gasteiger partial charge >= 0.3 is 0 Å². The smallest absolute Gasteiger partial charge is 0.252 e. The molecule has 0 aliphatic carbocycles. The highest BCUT2D eigenvalue weighted by molar-refractivity contribution is 6.74. The summed E-state index contributed by atoms with van der Waals surface area (Å²) in [5, 5.41) is 5.63. The molecule has 184 valence electrons. The fraction of sp³-hybridized carbons (Fsp3) is 0.826. The molecule has 5 unspecified atom stereocenters. The summed E-state index contributed by atoms with van der Waals surface area (Å²) in [6, 6.07) is -0.594. The lowest BCUT2D eigenvalue weighted by molar-refractivity contribution is -0.167. The monoisotopic (exact) mass is 470 g/mol. The van der Waals surface area contributed by atoms with E-state index in [0.29, 0.717) is 13.0 Å². The van der Waals surface area contributed by atoms with Crippen LogP contribution >= 0.6 is 0 Å². The fourth-order valence-electron chi connectivity index (χ4n) is 3.79. The highest BCUT2D eigenvalue weighted by Gasteiger charge is 2.52. The minimum Gasteiger partial charge on any atom is -0.408 e. The highest BCUT2D eigenvalue weighted by atomic mass is 28.4. The number of methoxy groups -OCH3 is 1. The summed E-state index contributed by atoms with van der Waals surface area (Å²) >= 11 is 0. The number of nitrogens with one attached hydrogen (secondary N) is 2. The Bertz CT molecular complexity index is 690. The van der Waals surface area contributed by atoms with Gasteiger partial charge in [0.15, 0.2) is 20.2 Å². The summed E-state index contributed by atoms with van der Waals surface area (Å²) < 4.78 is 24.6. The molecule has 0 spiro atoms. The van der Waals surface area contributed by atoms with E-state index in [1.807, 2.05) is 13.8 Å². The molecule has 2 aliphatic rings. The van der Waals surface area contributed by atoms with Crippen molar-refractivity contribution < 1.29 is 28.2 Å². The molecule has 2 saturated heterocycles. The van der Waals surface area contributed by atoms with Crippen molar-refractivity contribution in [2.75, 3.05) is 13.7 Å². The van der Waals surface area contributed by atoms with E-state index in [9.17, 15) is 9.59 Å². The van der Waals surface area contributed by atoms with Gasteiger partial charge in [-0.05, 0) is 51.2 Å². The molecule has 0 saturated carbocycles. The van der Waals surface area contributed by atoms with Crippen LogP contribution in [0.2, 0.25) is 18.1 Å². The number of carbonyl (C=O) groups is 2. The van der Waals surface area contributed by atoms with Gasteiger partial charge in [-0.1, -0.05) is 26.8 Å². The molecule has 0 radical (unpaired) electrons. The number of ether oxygens (including phenoxy) is 3. The van der Waals surface area contributed by atoms with Crippen molar-refractivity contribution in [3.63, 3.8) is 0 Å². The molecule has 9 heteroatoms. The van der Waals surface area contributed by atoms with Gasteiger partial charge in [-0.2, -0.15) is 0 Å². The maximum Gasteiger partial charge on any atom is 0.252 e. The lowest BCUT2D eigenvalue weighted by atomic mass is 10.0. The number of carbonyl (C=O) groups excluding carboxylic acids is 2. The molecule has 0 aromatic heterocycles. The quantitative estimate of drug-likeness (QED) is 0.418. The van der Waals surface area contributed by atoms with Gasteiger partial charge in [0, 0.05) is 13.7 Å². The molecule has 8 nitrogen and oxygen atoms in total. The van der Waals surface area contributed by atoms with Crippen LogP contribution in [0.15, 0.2) is 12.7 Å². The number of hydrogen-bond donors (Lipinski definition) is 2. The third kappa shape index (κ3) is 6.41. The third-order valence-electron chi connectivity index (χ3n) is 6.62. The summed E-state index contributed by atoms with van der Waals surface area (Å²) in [6.07, 6.45) is 1.24. The van der Waals surface area contributed by atoms with E-state index in [1.165, 1.54) is 7.11 Å². The first kappa shape index (κ1) is 27.0. The van der Waals surface area contributed by atoms with Gasteiger partial charge in [-0.15, -0.1) is 6.58 Å². The van der Waals surface area contributed by atoms with Crippen molar-refractivity contribution in [3.05, 3.63) is 12.7 Å². The Balaban J connectivity index is 2.35. The Hall–Kier alpha value is -1.26. The van der Waals surface area contributed by atoms with E-state index in [4.69, 9.17) is 18.6 Å². The maximum atomic E-state index is 13.4. The van der Waals surface area contributed by atoms with Gasteiger partial charge in [-0.25, -0.2) is 0 Å². The Morgan fingerprint density at radius 3 is 2.53 bits per heavy atom. The van der Waals surface area contributed by atoms with Crippen molar-refractivity contribution in [1.29, 1.82) is 0 Å². The Kier molecular flexibility index (Phi) is 8.72. The molecule has 0 aromatic carbocycles. The molecule has 2 rings (SSSR count). The van der Waals surface area contributed by atoms with Crippen LogP contribution in [0.1, 0.15) is 53.9 Å². The molecule has 0 bridgehead atoms. The van der Waals surface area contributed by atoms with Crippen LogP contribution in [0, 0.1) is 0 Å². The first-order valence-electron chi connectivity index (χ1n) is 11.5. The van der Waals surface area contributed by atoms with E-state index in [2.05, 4.69) is 51.1 Å². The molecule has 32 heavy (non-hydrogen) atoms. The van der Waals surface area contributed by atoms with Crippen LogP contribution in [0.25, 0.3) is 0 Å². The van der Waals surface area contributed by atoms with E-state index in [-0.39, 0.29) is 10.9 Å². The Morgan fingerprint density at radius 2 is 1.97 bits per heavy atom. The predicted octanol–water partition coefficient (Wildman–Crippen LogP) is 2.88. The molecule has 2 amide bonds. The minimum absolute atomic E-state index is 0.0974. The number of hydrogen-bond acceptors (Lipinski definition) is 6. The van der Waals surface area contributed by atoms with Gasteiger partial charge in [0.1, 0.15) is 24.4 Å². The van der Waals surface area contributed by atoms with Gasteiger partial charge in [0.2, 0.25) is 5.91 Å². The highest BCUT2D eigenvalue weighted by Crippen LogP contribution is 2.41. The van der Waals surface area contributed by atoms with Gasteiger partial charge in [0.25, 0.3) is 5.91 Å². The first-order valence-corrected chi connectivity index (χ1v) is 14.4. The second kappa shape index (κ2) is 10.3. The van der Waals surface area contributed by atoms with E-state index in [1.54, 1.807) is 6.08 Å². The van der Waals surface area contributed by atoms with E-state index in [0.717, 1.165) is 12.8 Å². The molecule has 0 aromatic rings. The second-order valence-electron chi connectivity index (χ2n) is 10.6. The fourth-order valence-corrected chi connectivity index (χ4v) is 5.08. The molecule has 2 fully saturated rings. The van der Waals surface area contributed by atoms with Crippen molar-refractivity contribution in [3.8, 4) is 0 Å². The summed E-state index contributed by atoms with van der Waals surface area (Å²) in [5.74, 6) is -1.42. The standard InChI is InChI=1S/C23H42N2O6Si/c1-10-16-17(30-23(5,6)29-16)18(31-32(8,9)22(2,3)4)19(28-7)21(27)25-15-13-11-12-14-24-20(15)26/h10,15-19H,1,11-14H2,2-9H3,(H,24,26)(H,25,27). The number of amides is 2. The predicted molar refractivity (Wildman–Crippen MR) is 126 cm³/mol. The molecule has 2 heterocycles. The third-order valence-corrected chi connectivity index (χ3v) is 11.1. The largest absolute Gasteiger partial charge is 0.408 e. The lowest BCUT2D eigenvalue weighted by Gasteiger charge is -2.42. The Morgan fingerprint density at radius 1 is 1.31 bits per heavy atom. The second-order valence-corrected chi connectivity index (χ2v) is 15.4. The van der Waals surface area contributed by atoms with Gasteiger partial charge < -0.3 is 29.3 Å². The SMILES string of the molecule is C=CC1OC(C)(C)OC1C(O[Si](C)(C)C(C)(C)C)C(OC)C(=O)NC1CCCCNC1=O. The van der Waals surface area contributed by atoms with Crippen LogP contribution in [-0.4, -0.2) is 70.0 Å². The zero-order valence-electron chi connectivity index (χ0n) is 20.9. The van der Waals surface area contributed by atoms with Gasteiger partial charge in [0.05, 0.1) is 0 Å². The van der Waals surface area contributed by atoms with E-state index >= 15 is 0 Å². The molecule has 2 aliphatic heterocycles. The zero-order chi connectivity index (χ0) is 24.3. The summed E-state index contributed by atoms with van der Waals surface area (Å²) in [4.78, 5) is 25.8. The number of rotatable bonds is 8. The van der Waals surface area contributed by atoms with Crippen LogP contribution in [0.4, 0.5) is 0 Å². The summed E-state index contributed by atoms with van der Waals surface area (Å²) in [5.41, 5.74) is 0. The van der Waals surface area contributed by atoms with E-state index < -0.39 is 50.5 Å². The average Bonchev–Trinajstić information content (AvgIpc) is 2.85. The Labute approximate surface area is 193 Å². The lowest BCUT2D eigenvalue weighted by Crippen LogP contribution is -2.59. The van der Waals surface area contributed by atoms with Crippen molar-refractivity contribution >= 4 is 20.1 Å².